The van der Waals surface area contributed by atoms with Gasteiger partial charge in [-0.2, -0.15) is 0 Å². The van der Waals surface area contributed by atoms with Gasteiger partial charge in [-0.25, -0.2) is 4.79 Å². The number of nitrogens with one attached hydrogen (secondary N) is 1. The number of para-hydroxylation sites is 2. The fourth-order valence-corrected chi connectivity index (χ4v) is 2.91. The number of carbonyl (C=O) groups is 3. The summed E-state index contributed by atoms with van der Waals surface area (Å²) in [6, 6.07) is 12.1. The highest BCUT2D eigenvalue weighted by Crippen LogP contribution is 2.30. The maximum absolute atomic E-state index is 12.8. The fourth-order valence-electron chi connectivity index (χ4n) is 2.91. The highest BCUT2D eigenvalue weighted by molar-refractivity contribution is 6.11. The molecular formula is C20H20N2O5. The van der Waals surface area contributed by atoms with Gasteiger partial charge in [-0.3, -0.25) is 14.5 Å². The summed E-state index contributed by atoms with van der Waals surface area (Å²) in [6.45, 7) is 3.19. The Hall–Kier alpha value is -3.35. The summed E-state index contributed by atoms with van der Waals surface area (Å²) in [4.78, 5) is 38.6. The zero-order chi connectivity index (χ0) is 19.6. The third-order valence-electron chi connectivity index (χ3n) is 4.24. The molecule has 3 rings (SSSR count). The van der Waals surface area contributed by atoms with Gasteiger partial charge in [-0.1, -0.05) is 23.8 Å². The SMILES string of the molecule is COc1ccc(C)cc1C(=O)O[C@@H](C)C(=O)N1CC(=O)Nc2ccccc21. The number of rotatable bonds is 4. The van der Waals surface area contributed by atoms with Crippen molar-refractivity contribution in [2.24, 2.45) is 0 Å². The van der Waals surface area contributed by atoms with Gasteiger partial charge in [-0.15, -0.1) is 0 Å². The van der Waals surface area contributed by atoms with E-state index in [9.17, 15) is 14.4 Å². The first-order valence-electron chi connectivity index (χ1n) is 8.46. The van der Waals surface area contributed by atoms with E-state index in [4.69, 9.17) is 9.47 Å². The summed E-state index contributed by atoms with van der Waals surface area (Å²) in [7, 11) is 1.46. The Balaban J connectivity index is 1.80. The molecule has 140 valence electrons. The van der Waals surface area contributed by atoms with E-state index < -0.39 is 18.0 Å². The Kier molecular flexibility index (Phi) is 5.12. The number of ether oxygens (including phenoxy) is 2. The lowest BCUT2D eigenvalue weighted by Gasteiger charge is -2.30. The van der Waals surface area contributed by atoms with Crippen molar-refractivity contribution in [3.63, 3.8) is 0 Å². The predicted octanol–water partition coefficient (Wildman–Crippen LogP) is 2.53. The Morgan fingerprint density at radius 3 is 2.67 bits per heavy atom. The van der Waals surface area contributed by atoms with E-state index in [1.165, 1.54) is 18.9 Å². The second kappa shape index (κ2) is 7.49. The van der Waals surface area contributed by atoms with Crippen molar-refractivity contribution >= 4 is 29.2 Å². The van der Waals surface area contributed by atoms with Crippen LogP contribution in [0.4, 0.5) is 11.4 Å². The van der Waals surface area contributed by atoms with Crippen LogP contribution in [-0.2, 0) is 14.3 Å². The minimum atomic E-state index is -1.07. The lowest BCUT2D eigenvalue weighted by molar-refractivity contribution is -0.128. The lowest BCUT2D eigenvalue weighted by atomic mass is 10.1. The number of hydrogen-bond donors (Lipinski definition) is 1. The summed E-state index contributed by atoms with van der Waals surface area (Å²) in [5.74, 6) is -1.07. The molecule has 0 spiro atoms. The average Bonchev–Trinajstić information content (AvgIpc) is 2.66. The van der Waals surface area contributed by atoms with Gasteiger partial charge >= 0.3 is 5.97 Å². The number of benzene rings is 2. The number of aryl methyl sites for hydroxylation is 1. The Bertz CT molecular complexity index is 909. The summed E-state index contributed by atoms with van der Waals surface area (Å²) >= 11 is 0. The summed E-state index contributed by atoms with van der Waals surface area (Å²) in [6.07, 6.45) is -1.07. The monoisotopic (exact) mass is 368 g/mol. The predicted molar refractivity (Wildman–Crippen MR) is 100 cm³/mol. The van der Waals surface area contributed by atoms with E-state index in [2.05, 4.69) is 5.32 Å². The minimum absolute atomic E-state index is 0.133. The molecule has 0 unspecified atom stereocenters. The molecule has 2 aromatic carbocycles. The highest BCUT2D eigenvalue weighted by Gasteiger charge is 2.31. The molecule has 1 heterocycles. The van der Waals surface area contributed by atoms with Crippen molar-refractivity contribution in [1.29, 1.82) is 0 Å². The molecule has 0 saturated heterocycles. The van der Waals surface area contributed by atoms with E-state index in [1.807, 2.05) is 13.0 Å². The number of hydrogen-bond acceptors (Lipinski definition) is 5. The number of amides is 2. The largest absolute Gasteiger partial charge is 0.496 e. The third-order valence-corrected chi connectivity index (χ3v) is 4.24. The van der Waals surface area contributed by atoms with Crippen molar-refractivity contribution in [3.8, 4) is 5.75 Å². The number of nitrogens with zero attached hydrogens (tertiary/aromatic N) is 1. The van der Waals surface area contributed by atoms with E-state index >= 15 is 0 Å². The first kappa shape index (κ1) is 18.4. The third kappa shape index (κ3) is 3.76. The van der Waals surface area contributed by atoms with Gasteiger partial charge in [-0.05, 0) is 38.1 Å². The van der Waals surface area contributed by atoms with Crippen molar-refractivity contribution in [1.82, 2.24) is 0 Å². The zero-order valence-corrected chi connectivity index (χ0v) is 15.3. The first-order chi connectivity index (χ1) is 12.9. The van der Waals surface area contributed by atoms with Gasteiger partial charge < -0.3 is 14.8 Å². The van der Waals surface area contributed by atoms with E-state index in [0.717, 1.165) is 5.56 Å². The molecule has 27 heavy (non-hydrogen) atoms. The Morgan fingerprint density at radius 1 is 1.19 bits per heavy atom. The molecular weight excluding hydrogens is 348 g/mol. The molecule has 1 aliphatic rings. The molecule has 1 aliphatic heterocycles. The van der Waals surface area contributed by atoms with Gasteiger partial charge in [0.05, 0.1) is 18.5 Å². The Morgan fingerprint density at radius 2 is 1.93 bits per heavy atom. The molecule has 0 radical (unpaired) electrons. The number of anilines is 2. The molecule has 7 nitrogen and oxygen atoms in total. The van der Waals surface area contributed by atoms with E-state index in [1.54, 1.807) is 36.4 Å². The molecule has 1 atom stereocenters. The van der Waals surface area contributed by atoms with Gasteiger partial charge in [0.1, 0.15) is 17.9 Å². The fraction of sp³-hybridized carbons (Fsp3) is 0.250. The molecule has 1 N–H and O–H groups in total. The molecule has 0 fully saturated rings. The second-order valence-corrected chi connectivity index (χ2v) is 6.24. The summed E-state index contributed by atoms with van der Waals surface area (Å²) in [5, 5.41) is 2.71. The van der Waals surface area contributed by atoms with Crippen LogP contribution in [0.3, 0.4) is 0 Å². The topological polar surface area (TPSA) is 84.9 Å². The molecule has 0 aliphatic carbocycles. The minimum Gasteiger partial charge on any atom is -0.496 e. The summed E-state index contributed by atoms with van der Waals surface area (Å²) in [5.41, 5.74) is 2.22. The van der Waals surface area contributed by atoms with Gasteiger partial charge in [0.15, 0.2) is 6.10 Å². The quantitative estimate of drug-likeness (QED) is 0.839. The van der Waals surface area contributed by atoms with E-state index in [-0.39, 0.29) is 18.0 Å². The van der Waals surface area contributed by atoms with Gasteiger partial charge in [0.25, 0.3) is 5.91 Å². The van der Waals surface area contributed by atoms with Crippen LogP contribution in [-0.4, -0.2) is 37.5 Å². The van der Waals surface area contributed by atoms with Crippen LogP contribution >= 0.6 is 0 Å². The van der Waals surface area contributed by atoms with E-state index in [0.29, 0.717) is 17.1 Å². The van der Waals surface area contributed by atoms with Crippen LogP contribution in [0.15, 0.2) is 42.5 Å². The first-order valence-corrected chi connectivity index (χ1v) is 8.46. The number of fused-ring (bicyclic) bond motifs is 1. The van der Waals surface area contributed by atoms with Gasteiger partial charge in [0, 0.05) is 0 Å². The number of esters is 1. The maximum atomic E-state index is 12.8. The van der Waals surface area contributed by atoms with Crippen molar-refractivity contribution < 1.29 is 23.9 Å². The summed E-state index contributed by atoms with van der Waals surface area (Å²) < 4.78 is 10.5. The lowest BCUT2D eigenvalue weighted by Crippen LogP contribution is -2.47. The van der Waals surface area contributed by atoms with Crippen LogP contribution in [0, 0.1) is 6.92 Å². The highest BCUT2D eigenvalue weighted by atomic mass is 16.5. The van der Waals surface area contributed by atoms with Crippen LogP contribution < -0.4 is 15.0 Å². The molecule has 0 saturated carbocycles. The molecule has 2 aromatic rings. The Labute approximate surface area is 156 Å². The number of methoxy groups -OCH3 is 1. The molecule has 0 aromatic heterocycles. The maximum Gasteiger partial charge on any atom is 0.342 e. The van der Waals surface area contributed by atoms with Crippen LogP contribution in [0.5, 0.6) is 5.75 Å². The van der Waals surface area contributed by atoms with Gasteiger partial charge in [0.2, 0.25) is 5.91 Å². The standard InChI is InChI=1S/C20H20N2O5/c1-12-8-9-17(26-3)14(10-12)20(25)27-13(2)19(24)22-11-18(23)21-15-6-4-5-7-16(15)22/h4-10,13H,11H2,1-3H3,(H,21,23)/t13-/m0/s1. The molecule has 2 amide bonds. The van der Waals surface area contributed by atoms with Crippen molar-refractivity contribution in [2.45, 2.75) is 20.0 Å². The van der Waals surface area contributed by atoms with Crippen LogP contribution in [0.1, 0.15) is 22.8 Å². The van der Waals surface area contributed by atoms with Crippen molar-refractivity contribution in [3.05, 3.63) is 53.6 Å². The zero-order valence-electron chi connectivity index (χ0n) is 15.3. The number of carbonyl (C=O) groups excluding carboxylic acids is 3. The second-order valence-electron chi connectivity index (χ2n) is 6.24. The molecule has 7 heteroatoms. The van der Waals surface area contributed by atoms with Crippen LogP contribution in [0.2, 0.25) is 0 Å². The average molecular weight is 368 g/mol. The normalized spacial score (nSPS) is 14.0. The molecule has 0 bridgehead atoms. The van der Waals surface area contributed by atoms with Crippen molar-refractivity contribution in [2.75, 3.05) is 23.9 Å². The smallest absolute Gasteiger partial charge is 0.342 e. The van der Waals surface area contributed by atoms with Crippen LogP contribution in [0.25, 0.3) is 0 Å².